The number of nitrogens with zero attached hydrogens (tertiary/aromatic N) is 3. The van der Waals surface area contributed by atoms with Crippen molar-refractivity contribution in [3.63, 3.8) is 0 Å². The lowest BCUT2D eigenvalue weighted by molar-refractivity contribution is -0.154. The second kappa shape index (κ2) is 6.32. The Hall–Kier alpha value is -2.68. The first-order chi connectivity index (χ1) is 11.8. The number of nitrogens with one attached hydrogen (secondary N) is 1. The standard InChI is InChI=1S/C16H21N5O4/c1-7(2)15(24)25-11-4-10(8(3)9(11)5-22)21-6-18-12-13(21)19-16(17)20-14(12)23/h6-7,9-11,22H,3-5H2,1-2H3,(H3,17,19,20,23)/p+1/t9-,10-,11-/m0/s1. The topological polar surface area (TPSA) is 139 Å². The van der Waals surface area contributed by atoms with E-state index >= 15 is 0 Å². The largest absolute Gasteiger partial charge is 0.461 e. The molecular formula is C16H22N5O4+. The van der Waals surface area contributed by atoms with Gasteiger partial charge in [-0.1, -0.05) is 20.4 Å². The lowest BCUT2D eigenvalue weighted by Gasteiger charge is -2.17. The number of hydrogen-bond acceptors (Lipinski definition) is 6. The van der Waals surface area contributed by atoms with E-state index in [9.17, 15) is 9.59 Å². The van der Waals surface area contributed by atoms with E-state index in [4.69, 9.17) is 15.6 Å². The molecule has 0 amide bonds. The molecule has 9 nitrogen and oxygen atoms in total. The van der Waals surface area contributed by atoms with Crippen molar-refractivity contribution in [3.05, 3.63) is 28.8 Å². The molecular weight excluding hydrogens is 326 g/mol. The molecule has 0 saturated heterocycles. The molecule has 0 aromatic carbocycles. The number of carbonyl (C=O) groups is 1. The molecule has 0 radical (unpaired) electrons. The highest BCUT2D eigenvalue weighted by Gasteiger charge is 2.43. The zero-order valence-corrected chi connectivity index (χ0v) is 14.2. The Morgan fingerprint density at radius 1 is 1.60 bits per heavy atom. The van der Waals surface area contributed by atoms with Crippen LogP contribution in [0.4, 0.5) is 5.95 Å². The van der Waals surface area contributed by atoms with Crippen molar-refractivity contribution >= 4 is 23.1 Å². The van der Waals surface area contributed by atoms with Crippen LogP contribution in [0.15, 0.2) is 23.3 Å². The summed E-state index contributed by atoms with van der Waals surface area (Å²) in [5.74, 6) is -0.814. The summed E-state index contributed by atoms with van der Waals surface area (Å²) in [4.78, 5) is 34.6. The molecule has 1 aliphatic rings. The van der Waals surface area contributed by atoms with Gasteiger partial charge in [-0.25, -0.2) is 4.98 Å². The molecule has 0 spiro atoms. The first kappa shape index (κ1) is 17.2. The average Bonchev–Trinajstić information content (AvgIpc) is 3.08. The average molecular weight is 348 g/mol. The number of anilines is 1. The Morgan fingerprint density at radius 2 is 2.32 bits per heavy atom. The van der Waals surface area contributed by atoms with Crippen molar-refractivity contribution in [2.75, 3.05) is 12.3 Å². The SMILES string of the molecule is C=C1[C@H](C[OH2+])[C@@H](OC(=O)C(C)C)C[C@@H]1n1cnc2c(=O)[nH]c(N)nc21. The van der Waals surface area contributed by atoms with Gasteiger partial charge in [0.15, 0.2) is 17.8 Å². The Morgan fingerprint density at radius 3 is 2.96 bits per heavy atom. The van der Waals surface area contributed by atoms with Crippen molar-refractivity contribution in [2.24, 2.45) is 11.8 Å². The summed E-state index contributed by atoms with van der Waals surface area (Å²) >= 11 is 0. The number of nitrogen functional groups attached to an aromatic ring is 1. The Labute approximate surface area is 143 Å². The van der Waals surface area contributed by atoms with Crippen LogP contribution in [-0.4, -0.2) is 43.3 Å². The van der Waals surface area contributed by atoms with E-state index in [1.807, 2.05) is 0 Å². The summed E-state index contributed by atoms with van der Waals surface area (Å²) in [6.45, 7) is 7.69. The van der Waals surface area contributed by atoms with Crippen LogP contribution in [-0.2, 0) is 9.53 Å². The molecule has 1 fully saturated rings. The highest BCUT2D eigenvalue weighted by molar-refractivity contribution is 5.72. The second-order valence-electron chi connectivity index (χ2n) is 6.54. The summed E-state index contributed by atoms with van der Waals surface area (Å²) in [5.41, 5.74) is 6.53. The molecule has 5 N–H and O–H groups in total. The van der Waals surface area contributed by atoms with E-state index in [0.717, 1.165) is 5.57 Å². The Balaban J connectivity index is 1.97. The lowest BCUT2D eigenvalue weighted by Crippen LogP contribution is -2.27. The number of ether oxygens (including phenoxy) is 1. The molecule has 9 heteroatoms. The van der Waals surface area contributed by atoms with Crippen molar-refractivity contribution in [3.8, 4) is 0 Å². The normalized spacial score (nSPS) is 23.5. The number of rotatable bonds is 4. The van der Waals surface area contributed by atoms with E-state index in [1.165, 1.54) is 6.33 Å². The van der Waals surface area contributed by atoms with Gasteiger partial charge in [-0.05, 0) is 5.57 Å². The molecule has 1 aliphatic carbocycles. The van der Waals surface area contributed by atoms with E-state index in [2.05, 4.69) is 21.5 Å². The fourth-order valence-electron chi connectivity index (χ4n) is 3.16. The van der Waals surface area contributed by atoms with Gasteiger partial charge >= 0.3 is 5.97 Å². The smallest absolute Gasteiger partial charge is 0.308 e. The molecule has 3 rings (SSSR count). The maximum absolute atomic E-state index is 12.0. The van der Waals surface area contributed by atoms with Crippen molar-refractivity contribution < 1.29 is 14.6 Å². The quantitative estimate of drug-likeness (QED) is 0.457. The number of nitrogens with two attached hydrogens (primary N) is 1. The highest BCUT2D eigenvalue weighted by atomic mass is 16.5. The number of aromatic nitrogens is 4. The van der Waals surface area contributed by atoms with Crippen LogP contribution in [0.2, 0.25) is 0 Å². The number of esters is 1. The van der Waals surface area contributed by atoms with Crippen LogP contribution in [0.3, 0.4) is 0 Å². The van der Waals surface area contributed by atoms with E-state index in [1.54, 1.807) is 18.4 Å². The van der Waals surface area contributed by atoms with Crippen LogP contribution in [0.1, 0.15) is 26.3 Å². The zero-order chi connectivity index (χ0) is 18.3. The minimum atomic E-state index is -0.429. The maximum Gasteiger partial charge on any atom is 0.308 e. The summed E-state index contributed by atoms with van der Waals surface area (Å²) in [7, 11) is 0. The predicted molar refractivity (Wildman–Crippen MR) is 92.0 cm³/mol. The van der Waals surface area contributed by atoms with Gasteiger partial charge in [0.2, 0.25) is 5.95 Å². The highest BCUT2D eigenvalue weighted by Crippen LogP contribution is 2.41. The fraction of sp³-hybridized carbons (Fsp3) is 0.500. The minimum absolute atomic E-state index is 0.00249. The summed E-state index contributed by atoms with van der Waals surface area (Å²) in [5, 5.41) is 7.79. The summed E-state index contributed by atoms with van der Waals surface area (Å²) < 4.78 is 7.29. The molecule has 0 unspecified atom stereocenters. The van der Waals surface area contributed by atoms with Crippen LogP contribution in [0.5, 0.6) is 0 Å². The number of fused-ring (bicyclic) bond motifs is 1. The predicted octanol–water partition coefficient (Wildman–Crippen LogP) is 0.111. The van der Waals surface area contributed by atoms with Gasteiger partial charge in [-0.2, -0.15) is 4.98 Å². The number of H-pyrrole nitrogens is 1. The van der Waals surface area contributed by atoms with Gasteiger partial charge in [0, 0.05) is 6.42 Å². The lowest BCUT2D eigenvalue weighted by atomic mass is 10.0. The first-order valence-corrected chi connectivity index (χ1v) is 8.09. The van der Waals surface area contributed by atoms with Crippen LogP contribution < -0.4 is 11.3 Å². The molecule has 2 heterocycles. The Bertz CT molecular complexity index is 884. The zero-order valence-electron chi connectivity index (χ0n) is 14.2. The van der Waals surface area contributed by atoms with Gasteiger partial charge in [-0.15, -0.1) is 0 Å². The third-order valence-electron chi connectivity index (χ3n) is 4.55. The molecule has 2 aromatic heterocycles. The molecule has 1 saturated carbocycles. The number of aromatic amines is 1. The van der Waals surface area contributed by atoms with Gasteiger partial charge in [-0.3, -0.25) is 14.6 Å². The molecule has 2 aromatic rings. The van der Waals surface area contributed by atoms with Gasteiger partial charge in [0.05, 0.1) is 24.2 Å². The van der Waals surface area contributed by atoms with Gasteiger partial charge < -0.3 is 20.1 Å². The van der Waals surface area contributed by atoms with E-state index in [0.29, 0.717) is 12.1 Å². The van der Waals surface area contributed by atoms with Crippen LogP contribution in [0.25, 0.3) is 11.2 Å². The minimum Gasteiger partial charge on any atom is -0.461 e. The van der Waals surface area contributed by atoms with Crippen molar-refractivity contribution in [2.45, 2.75) is 32.4 Å². The van der Waals surface area contributed by atoms with Crippen molar-refractivity contribution in [1.29, 1.82) is 0 Å². The number of carbonyl (C=O) groups excluding carboxylic acids is 1. The van der Waals surface area contributed by atoms with E-state index in [-0.39, 0.29) is 41.9 Å². The molecule has 3 atom stereocenters. The third-order valence-corrected chi connectivity index (χ3v) is 4.55. The Kier molecular flexibility index (Phi) is 4.34. The van der Waals surface area contributed by atoms with E-state index < -0.39 is 11.7 Å². The molecule has 0 aliphatic heterocycles. The fourth-order valence-corrected chi connectivity index (χ4v) is 3.16. The van der Waals surface area contributed by atoms with Crippen molar-refractivity contribution in [1.82, 2.24) is 19.5 Å². The first-order valence-electron chi connectivity index (χ1n) is 8.09. The van der Waals surface area contributed by atoms with Crippen LogP contribution in [0, 0.1) is 11.8 Å². The maximum atomic E-state index is 12.0. The summed E-state index contributed by atoms with van der Waals surface area (Å²) in [6, 6.07) is -0.265. The monoisotopic (exact) mass is 348 g/mol. The second-order valence-corrected chi connectivity index (χ2v) is 6.54. The summed E-state index contributed by atoms with van der Waals surface area (Å²) in [6.07, 6.45) is 1.54. The molecule has 0 bridgehead atoms. The molecule has 25 heavy (non-hydrogen) atoms. The van der Waals surface area contributed by atoms with Gasteiger partial charge in [0.1, 0.15) is 6.10 Å². The van der Waals surface area contributed by atoms with Crippen LogP contribution >= 0.6 is 0 Å². The third kappa shape index (κ3) is 2.91. The molecule has 134 valence electrons. The number of hydrogen-bond donors (Lipinski definition) is 2. The van der Waals surface area contributed by atoms with Gasteiger partial charge in [0.25, 0.3) is 5.56 Å². The number of imidazole rings is 1.